The first-order valence-corrected chi connectivity index (χ1v) is 11.0. The van der Waals surface area contributed by atoms with Gasteiger partial charge in [0.2, 0.25) is 5.82 Å². The Kier molecular flexibility index (Phi) is 5.65. The van der Waals surface area contributed by atoms with E-state index in [4.69, 9.17) is 4.42 Å². The molecule has 1 unspecified atom stereocenters. The molecule has 0 radical (unpaired) electrons. The van der Waals surface area contributed by atoms with Crippen molar-refractivity contribution in [1.82, 2.24) is 24.5 Å². The standard InChI is InChI=1S/C23H21F3N6O3/c1-12(14-3-2-4-14)28-17-16-18(30-19(29-17)22(33)34)31-20(21-27-9-10-35-21)32(16)11-13-5-7-15(8-6-13)23(24,25)26/h5-10,12,14H,2-4,11H2,1H3,(H,33,34)(H,28,29,30). The van der Waals surface area contributed by atoms with Gasteiger partial charge in [-0.25, -0.2) is 24.7 Å². The highest BCUT2D eigenvalue weighted by atomic mass is 19.4. The van der Waals surface area contributed by atoms with Gasteiger partial charge in [-0.2, -0.15) is 13.2 Å². The Morgan fingerprint density at radius 3 is 2.54 bits per heavy atom. The SMILES string of the molecule is CC(Nc1nc(C(=O)O)nc2nc(-c3ncco3)n(Cc3ccc(C(F)(F)F)cc3)c12)C1CCC1. The fourth-order valence-electron chi connectivity index (χ4n) is 4.14. The third-order valence-corrected chi connectivity index (χ3v) is 6.26. The third-order valence-electron chi connectivity index (χ3n) is 6.26. The van der Waals surface area contributed by atoms with Gasteiger partial charge in [0.1, 0.15) is 11.8 Å². The number of hydrogen-bond acceptors (Lipinski definition) is 7. The van der Waals surface area contributed by atoms with E-state index < -0.39 is 23.5 Å². The highest BCUT2D eigenvalue weighted by Gasteiger charge is 2.31. The minimum Gasteiger partial charge on any atom is -0.475 e. The molecule has 3 heterocycles. The Bertz CT molecular complexity index is 1360. The van der Waals surface area contributed by atoms with E-state index >= 15 is 0 Å². The van der Waals surface area contributed by atoms with Crippen LogP contribution in [0.1, 0.15) is 47.9 Å². The molecule has 0 bridgehead atoms. The van der Waals surface area contributed by atoms with Crippen molar-refractivity contribution >= 4 is 23.0 Å². The lowest BCUT2D eigenvalue weighted by Crippen LogP contribution is -2.31. The molecular weight excluding hydrogens is 465 g/mol. The van der Waals surface area contributed by atoms with Gasteiger partial charge in [-0.1, -0.05) is 18.6 Å². The summed E-state index contributed by atoms with van der Waals surface area (Å²) in [6.45, 7) is 2.11. The maximum absolute atomic E-state index is 13.0. The third kappa shape index (κ3) is 4.43. The minimum atomic E-state index is -4.45. The number of aromatic carboxylic acids is 1. The lowest BCUT2D eigenvalue weighted by molar-refractivity contribution is -0.137. The fraction of sp³-hybridized carbons (Fsp3) is 0.348. The molecule has 182 valence electrons. The van der Waals surface area contributed by atoms with E-state index in [9.17, 15) is 23.1 Å². The predicted molar refractivity (Wildman–Crippen MR) is 119 cm³/mol. The molecule has 1 aliphatic carbocycles. The molecule has 1 saturated carbocycles. The van der Waals surface area contributed by atoms with Crippen LogP contribution in [-0.2, 0) is 12.7 Å². The van der Waals surface area contributed by atoms with E-state index in [1.54, 1.807) is 4.57 Å². The molecule has 4 aromatic rings. The van der Waals surface area contributed by atoms with Crippen LogP contribution in [0.15, 0.2) is 41.1 Å². The summed E-state index contributed by atoms with van der Waals surface area (Å²) in [5, 5.41) is 12.9. The smallest absolute Gasteiger partial charge is 0.416 e. The summed E-state index contributed by atoms with van der Waals surface area (Å²) in [5.74, 6) is -0.610. The van der Waals surface area contributed by atoms with Gasteiger partial charge in [-0.05, 0) is 43.4 Å². The van der Waals surface area contributed by atoms with Crippen LogP contribution in [0.4, 0.5) is 19.0 Å². The van der Waals surface area contributed by atoms with Crippen molar-refractivity contribution in [2.45, 2.75) is 44.9 Å². The van der Waals surface area contributed by atoms with Crippen LogP contribution in [0, 0.1) is 5.92 Å². The Balaban J connectivity index is 1.64. The minimum absolute atomic E-state index is 0.0168. The molecule has 12 heteroatoms. The van der Waals surface area contributed by atoms with Crippen molar-refractivity contribution in [3.8, 4) is 11.7 Å². The average molecular weight is 486 g/mol. The fourth-order valence-corrected chi connectivity index (χ4v) is 4.14. The van der Waals surface area contributed by atoms with Crippen molar-refractivity contribution in [2.24, 2.45) is 5.92 Å². The molecule has 1 atom stereocenters. The number of carboxylic acids is 1. The summed E-state index contributed by atoms with van der Waals surface area (Å²) in [6, 6.07) is 4.80. The number of benzene rings is 1. The monoisotopic (exact) mass is 486 g/mol. The van der Waals surface area contributed by atoms with Crippen LogP contribution >= 0.6 is 0 Å². The van der Waals surface area contributed by atoms with E-state index in [1.165, 1.54) is 24.6 Å². The van der Waals surface area contributed by atoms with E-state index in [2.05, 4.69) is 25.3 Å². The number of fused-ring (bicyclic) bond motifs is 1. The number of carboxylic acid groups (broad SMARTS) is 1. The number of imidazole rings is 1. The molecule has 1 aromatic carbocycles. The second kappa shape index (κ2) is 8.67. The van der Waals surface area contributed by atoms with E-state index in [1.807, 2.05) is 6.92 Å². The summed E-state index contributed by atoms with van der Waals surface area (Å²) in [5.41, 5.74) is 0.330. The largest absolute Gasteiger partial charge is 0.475 e. The number of anilines is 1. The summed E-state index contributed by atoms with van der Waals surface area (Å²) in [7, 11) is 0. The van der Waals surface area contributed by atoms with Gasteiger partial charge in [0, 0.05) is 6.04 Å². The highest BCUT2D eigenvalue weighted by molar-refractivity contribution is 5.91. The lowest BCUT2D eigenvalue weighted by atomic mass is 9.80. The van der Waals surface area contributed by atoms with Crippen LogP contribution in [-0.4, -0.2) is 41.6 Å². The number of carbonyl (C=O) groups is 1. The zero-order chi connectivity index (χ0) is 24.7. The number of aromatic nitrogens is 5. The van der Waals surface area contributed by atoms with Crippen LogP contribution in [0.5, 0.6) is 0 Å². The van der Waals surface area contributed by atoms with E-state index in [0.29, 0.717) is 17.0 Å². The maximum Gasteiger partial charge on any atom is 0.416 e. The van der Waals surface area contributed by atoms with Gasteiger partial charge in [-0.3, -0.25) is 0 Å². The van der Waals surface area contributed by atoms with Gasteiger partial charge >= 0.3 is 12.1 Å². The topological polar surface area (TPSA) is 119 Å². The summed E-state index contributed by atoms with van der Waals surface area (Å²) in [6.07, 6.45) is 1.60. The molecule has 0 spiro atoms. The molecule has 5 rings (SSSR count). The van der Waals surface area contributed by atoms with Gasteiger partial charge in [0.15, 0.2) is 17.3 Å². The summed E-state index contributed by atoms with van der Waals surface area (Å²) >= 11 is 0. The van der Waals surface area contributed by atoms with Gasteiger partial charge in [0.05, 0.1) is 18.3 Å². The highest BCUT2D eigenvalue weighted by Crippen LogP contribution is 2.34. The second-order valence-corrected chi connectivity index (χ2v) is 8.55. The zero-order valence-corrected chi connectivity index (χ0v) is 18.6. The molecule has 9 nitrogen and oxygen atoms in total. The molecule has 1 aliphatic rings. The number of nitrogens with zero attached hydrogens (tertiary/aromatic N) is 5. The van der Waals surface area contributed by atoms with Crippen molar-refractivity contribution in [1.29, 1.82) is 0 Å². The summed E-state index contributed by atoms with van der Waals surface area (Å²) < 4.78 is 46.2. The van der Waals surface area contributed by atoms with Gasteiger partial charge < -0.3 is 19.4 Å². The van der Waals surface area contributed by atoms with Crippen LogP contribution in [0.25, 0.3) is 22.9 Å². The molecule has 2 N–H and O–H groups in total. The van der Waals surface area contributed by atoms with Crippen LogP contribution < -0.4 is 5.32 Å². The molecule has 35 heavy (non-hydrogen) atoms. The van der Waals surface area contributed by atoms with Crippen LogP contribution in [0.2, 0.25) is 0 Å². The van der Waals surface area contributed by atoms with Gasteiger partial charge in [0.25, 0.3) is 5.89 Å². The van der Waals surface area contributed by atoms with Crippen molar-refractivity contribution in [3.63, 3.8) is 0 Å². The number of alkyl halides is 3. The Morgan fingerprint density at radius 1 is 1.23 bits per heavy atom. The lowest BCUT2D eigenvalue weighted by Gasteiger charge is -2.32. The summed E-state index contributed by atoms with van der Waals surface area (Å²) in [4.78, 5) is 28.7. The molecule has 1 fully saturated rings. The quantitative estimate of drug-likeness (QED) is 0.381. The van der Waals surface area contributed by atoms with Crippen LogP contribution in [0.3, 0.4) is 0 Å². The molecular formula is C23H21F3N6O3. The Labute approximate surface area is 197 Å². The maximum atomic E-state index is 13.0. The predicted octanol–water partition coefficient (Wildman–Crippen LogP) is 4.85. The second-order valence-electron chi connectivity index (χ2n) is 8.55. The number of nitrogens with one attached hydrogen (secondary N) is 1. The van der Waals surface area contributed by atoms with Crippen molar-refractivity contribution < 1.29 is 27.5 Å². The Morgan fingerprint density at radius 2 is 1.97 bits per heavy atom. The van der Waals surface area contributed by atoms with E-state index in [-0.39, 0.29) is 35.8 Å². The molecule has 3 aromatic heterocycles. The average Bonchev–Trinajstić information content (AvgIpc) is 3.40. The Hall–Kier alpha value is -3.96. The first-order valence-electron chi connectivity index (χ1n) is 11.0. The number of rotatable bonds is 7. The van der Waals surface area contributed by atoms with Crippen molar-refractivity contribution in [3.05, 3.63) is 53.7 Å². The van der Waals surface area contributed by atoms with E-state index in [0.717, 1.165) is 31.4 Å². The molecule has 0 aliphatic heterocycles. The zero-order valence-electron chi connectivity index (χ0n) is 18.6. The number of hydrogen-bond donors (Lipinski definition) is 2. The first kappa shape index (κ1) is 22.8. The number of oxazole rings is 1. The first-order chi connectivity index (χ1) is 16.7. The molecule has 0 amide bonds. The number of halogens is 3. The normalized spacial score (nSPS) is 15.2. The van der Waals surface area contributed by atoms with Gasteiger partial charge in [-0.15, -0.1) is 0 Å². The van der Waals surface area contributed by atoms with Crippen molar-refractivity contribution in [2.75, 3.05) is 5.32 Å². The molecule has 0 saturated heterocycles.